The molecule has 0 bridgehead atoms. The average Bonchev–Trinajstić information content (AvgIpc) is 3.17. The molecule has 2 heterocycles. The Balaban J connectivity index is 1.55. The Morgan fingerprint density at radius 1 is 1.28 bits per heavy atom. The van der Waals surface area contributed by atoms with E-state index in [2.05, 4.69) is 5.32 Å². The van der Waals surface area contributed by atoms with E-state index in [1.165, 1.54) is 0 Å². The number of benzene rings is 1. The number of carbonyl (C=O) groups excluding carboxylic acids is 4. The van der Waals surface area contributed by atoms with Gasteiger partial charge in [0.2, 0.25) is 11.8 Å². The highest BCUT2D eigenvalue weighted by Crippen LogP contribution is 2.22. The summed E-state index contributed by atoms with van der Waals surface area (Å²) in [5.41, 5.74) is 6.77. The second-order valence-corrected chi connectivity index (χ2v) is 6.40. The van der Waals surface area contributed by atoms with E-state index in [0.717, 1.165) is 23.3 Å². The standard InChI is InChI=1S/C17H20N4O4/c18-16(24)13-3-1-2-11(7-13)6-12-4-5-20(9-12)15(23)10-21-14(22)8-19-17(21)25/h1-3,7,12H,4-6,8-10H2,(H2,18,24)(H,19,25)/t12-/m0/s1. The van der Waals surface area contributed by atoms with Crippen molar-refractivity contribution in [2.24, 2.45) is 11.7 Å². The Hall–Kier alpha value is -2.90. The molecule has 2 fully saturated rings. The van der Waals surface area contributed by atoms with Gasteiger partial charge in [0.05, 0.1) is 6.54 Å². The zero-order chi connectivity index (χ0) is 18.0. The van der Waals surface area contributed by atoms with Crippen molar-refractivity contribution in [2.45, 2.75) is 12.8 Å². The Labute approximate surface area is 144 Å². The minimum Gasteiger partial charge on any atom is -0.366 e. The van der Waals surface area contributed by atoms with Crippen molar-refractivity contribution in [3.63, 3.8) is 0 Å². The molecule has 8 heteroatoms. The first-order chi connectivity index (χ1) is 11.9. The molecule has 3 N–H and O–H groups in total. The lowest BCUT2D eigenvalue weighted by molar-refractivity contribution is -0.135. The Bertz CT molecular complexity index is 717. The maximum atomic E-state index is 12.3. The molecule has 8 nitrogen and oxygen atoms in total. The van der Waals surface area contributed by atoms with E-state index < -0.39 is 11.9 Å². The number of imide groups is 1. The van der Waals surface area contributed by atoms with E-state index in [1.54, 1.807) is 23.1 Å². The van der Waals surface area contributed by atoms with Crippen LogP contribution in [0.15, 0.2) is 24.3 Å². The van der Waals surface area contributed by atoms with Crippen molar-refractivity contribution in [1.82, 2.24) is 15.1 Å². The van der Waals surface area contributed by atoms with Crippen molar-refractivity contribution in [1.29, 1.82) is 0 Å². The number of amides is 5. The first kappa shape index (κ1) is 16.9. The molecule has 5 amide bonds. The number of primary amides is 1. The Kier molecular flexibility index (Phi) is 4.69. The molecule has 1 atom stereocenters. The third-order valence-electron chi connectivity index (χ3n) is 4.60. The second kappa shape index (κ2) is 6.92. The molecule has 0 aliphatic carbocycles. The van der Waals surface area contributed by atoms with Crippen LogP contribution in [0.1, 0.15) is 22.3 Å². The summed E-state index contributed by atoms with van der Waals surface area (Å²) in [6, 6.07) is 6.67. The third kappa shape index (κ3) is 3.78. The fourth-order valence-electron chi connectivity index (χ4n) is 3.26. The number of rotatable bonds is 5. The van der Waals surface area contributed by atoms with Crippen molar-refractivity contribution < 1.29 is 19.2 Å². The first-order valence-corrected chi connectivity index (χ1v) is 8.19. The molecule has 2 aliphatic rings. The first-order valence-electron chi connectivity index (χ1n) is 8.19. The number of carbonyl (C=O) groups is 4. The maximum absolute atomic E-state index is 12.3. The number of nitrogens with one attached hydrogen (secondary N) is 1. The summed E-state index contributed by atoms with van der Waals surface area (Å²) in [6.45, 7) is 0.908. The zero-order valence-corrected chi connectivity index (χ0v) is 13.7. The predicted octanol–water partition coefficient (Wildman–Crippen LogP) is -0.272. The molecule has 1 aromatic carbocycles. The number of hydrogen-bond donors (Lipinski definition) is 2. The lowest BCUT2D eigenvalue weighted by atomic mass is 9.97. The SMILES string of the molecule is NC(=O)c1cccc(C[C@@H]2CCN(C(=O)CN3C(=O)CNC3=O)C2)c1. The summed E-state index contributed by atoms with van der Waals surface area (Å²) in [6.07, 6.45) is 1.58. The van der Waals surface area contributed by atoms with Crippen LogP contribution in [-0.4, -0.2) is 59.7 Å². The highest BCUT2D eigenvalue weighted by atomic mass is 16.2. The van der Waals surface area contributed by atoms with Crippen molar-refractivity contribution in [2.75, 3.05) is 26.2 Å². The van der Waals surface area contributed by atoms with Crippen LogP contribution in [0.25, 0.3) is 0 Å². The third-order valence-corrected chi connectivity index (χ3v) is 4.60. The van der Waals surface area contributed by atoms with Gasteiger partial charge in [0, 0.05) is 18.7 Å². The van der Waals surface area contributed by atoms with Gasteiger partial charge in [-0.05, 0) is 36.5 Å². The minimum absolute atomic E-state index is 0.0507. The fourth-order valence-corrected chi connectivity index (χ4v) is 3.26. The van der Waals surface area contributed by atoms with Crippen molar-refractivity contribution in [3.05, 3.63) is 35.4 Å². The molecule has 0 spiro atoms. The smallest absolute Gasteiger partial charge is 0.325 e. The van der Waals surface area contributed by atoms with E-state index in [9.17, 15) is 19.2 Å². The molecule has 2 aliphatic heterocycles. The molecule has 3 rings (SSSR count). The molecular formula is C17H20N4O4. The van der Waals surface area contributed by atoms with Gasteiger partial charge in [0.15, 0.2) is 0 Å². The van der Waals surface area contributed by atoms with Gasteiger partial charge < -0.3 is 16.0 Å². The van der Waals surface area contributed by atoms with Gasteiger partial charge in [-0.2, -0.15) is 0 Å². The highest BCUT2D eigenvalue weighted by Gasteiger charge is 2.33. The summed E-state index contributed by atoms with van der Waals surface area (Å²) >= 11 is 0. The molecule has 0 unspecified atom stereocenters. The highest BCUT2D eigenvalue weighted by molar-refractivity contribution is 6.04. The van der Waals surface area contributed by atoms with E-state index in [4.69, 9.17) is 5.73 Å². The van der Waals surface area contributed by atoms with Crippen molar-refractivity contribution in [3.8, 4) is 0 Å². The maximum Gasteiger partial charge on any atom is 0.325 e. The monoisotopic (exact) mass is 344 g/mol. The molecule has 0 saturated carbocycles. The van der Waals surface area contributed by atoms with Gasteiger partial charge in [-0.1, -0.05) is 12.1 Å². The molecular weight excluding hydrogens is 324 g/mol. The van der Waals surface area contributed by atoms with Crippen LogP contribution in [0.5, 0.6) is 0 Å². The average molecular weight is 344 g/mol. The summed E-state index contributed by atoms with van der Waals surface area (Å²) in [7, 11) is 0. The van der Waals surface area contributed by atoms with Crippen LogP contribution in [0, 0.1) is 5.92 Å². The van der Waals surface area contributed by atoms with Crippen LogP contribution in [0.3, 0.4) is 0 Å². The minimum atomic E-state index is -0.516. The quantitative estimate of drug-likeness (QED) is 0.716. The summed E-state index contributed by atoms with van der Waals surface area (Å²) in [4.78, 5) is 49.3. The summed E-state index contributed by atoms with van der Waals surface area (Å²) < 4.78 is 0. The number of urea groups is 1. The van der Waals surface area contributed by atoms with E-state index in [-0.39, 0.29) is 30.8 Å². The van der Waals surface area contributed by atoms with Gasteiger partial charge in [-0.3, -0.25) is 19.3 Å². The van der Waals surface area contributed by atoms with Crippen LogP contribution in [-0.2, 0) is 16.0 Å². The number of hydrogen-bond acceptors (Lipinski definition) is 4. The van der Waals surface area contributed by atoms with Gasteiger partial charge in [0.1, 0.15) is 6.54 Å². The summed E-state index contributed by atoms with van der Waals surface area (Å²) in [5.74, 6) is -0.787. The summed E-state index contributed by atoms with van der Waals surface area (Å²) in [5, 5.41) is 2.40. The molecule has 0 radical (unpaired) electrons. The van der Waals surface area contributed by atoms with Crippen LogP contribution >= 0.6 is 0 Å². The van der Waals surface area contributed by atoms with Gasteiger partial charge >= 0.3 is 6.03 Å². The Morgan fingerprint density at radius 3 is 2.76 bits per heavy atom. The molecule has 25 heavy (non-hydrogen) atoms. The second-order valence-electron chi connectivity index (χ2n) is 6.40. The lowest BCUT2D eigenvalue weighted by Gasteiger charge is -2.19. The van der Waals surface area contributed by atoms with E-state index in [1.807, 2.05) is 6.07 Å². The van der Waals surface area contributed by atoms with Gasteiger partial charge in [0.25, 0.3) is 5.91 Å². The van der Waals surface area contributed by atoms with Gasteiger partial charge in [-0.15, -0.1) is 0 Å². The van der Waals surface area contributed by atoms with Gasteiger partial charge in [-0.25, -0.2) is 4.79 Å². The predicted molar refractivity (Wildman–Crippen MR) is 88.5 cm³/mol. The van der Waals surface area contributed by atoms with Crippen molar-refractivity contribution >= 4 is 23.8 Å². The molecule has 132 valence electrons. The molecule has 0 aromatic heterocycles. The van der Waals surface area contributed by atoms with E-state index >= 15 is 0 Å². The topological polar surface area (TPSA) is 113 Å². The van der Waals surface area contributed by atoms with Crippen LogP contribution in [0.4, 0.5) is 4.79 Å². The van der Waals surface area contributed by atoms with E-state index in [0.29, 0.717) is 18.7 Å². The normalized spacial score (nSPS) is 20.1. The largest absolute Gasteiger partial charge is 0.366 e. The number of nitrogens with two attached hydrogens (primary N) is 1. The number of nitrogens with zero attached hydrogens (tertiary/aromatic N) is 2. The Morgan fingerprint density at radius 2 is 2.08 bits per heavy atom. The van der Waals surface area contributed by atoms with Crippen LogP contribution in [0.2, 0.25) is 0 Å². The number of likely N-dealkylation sites (tertiary alicyclic amines) is 1. The molecule has 1 aromatic rings. The lowest BCUT2D eigenvalue weighted by Crippen LogP contribution is -2.42. The zero-order valence-electron chi connectivity index (χ0n) is 13.7. The molecule has 2 saturated heterocycles. The fraction of sp³-hybridized carbons (Fsp3) is 0.412. The van der Waals surface area contributed by atoms with Crippen LogP contribution < -0.4 is 11.1 Å².